The number of hydrogen-bond acceptors (Lipinski definition) is 0. The van der Waals surface area contributed by atoms with E-state index in [1.165, 1.54) is 77.0 Å². The molecule has 3 aliphatic rings. The first kappa shape index (κ1) is 29.2. The molecule has 0 heterocycles. The second-order valence-electron chi connectivity index (χ2n) is 12.2. The van der Waals surface area contributed by atoms with Crippen molar-refractivity contribution >= 4 is 24.2 Å². The molecule has 0 nitrogen and oxygen atoms in total. The molecule has 0 bridgehead atoms. The van der Waals surface area contributed by atoms with Crippen LogP contribution in [0.2, 0.25) is 58.9 Å². The molecule has 0 spiro atoms. The van der Waals surface area contributed by atoms with Gasteiger partial charge in [-0.05, 0) is 0 Å². The maximum absolute atomic E-state index is 2.47. The van der Waals surface area contributed by atoms with Gasteiger partial charge in [-0.2, -0.15) is 38.5 Å². The number of rotatable bonds is 3. The summed E-state index contributed by atoms with van der Waals surface area (Å²) in [6.07, 6.45) is 17.6. The Morgan fingerprint density at radius 1 is 0.357 bits per heavy atom. The van der Waals surface area contributed by atoms with Crippen LogP contribution >= 0.6 is 0 Å². The van der Waals surface area contributed by atoms with Gasteiger partial charge in [-0.3, -0.25) is 0 Å². The smallest absolute Gasteiger partial charge is 0.313 e. The summed E-state index contributed by atoms with van der Waals surface area (Å²) >= 11 is 0. The van der Waals surface area contributed by atoms with Gasteiger partial charge >= 0.3 is 17.4 Å². The average Bonchev–Trinajstić information content (AvgIpc) is 3.28. The predicted octanol–water partition coefficient (Wildman–Crippen LogP) is 9.03. The van der Waals surface area contributed by atoms with Gasteiger partial charge in [-0.25, -0.2) is 0 Å². The van der Waals surface area contributed by atoms with Gasteiger partial charge in [0.1, 0.15) is 0 Å². The van der Waals surface area contributed by atoms with Gasteiger partial charge in [0.2, 0.25) is 0 Å². The van der Waals surface area contributed by atoms with E-state index < -0.39 is 24.2 Å². The molecule has 3 saturated carbocycles. The van der Waals surface area contributed by atoms with E-state index in [1.807, 2.05) is 16.6 Å². The summed E-state index contributed by atoms with van der Waals surface area (Å²) in [6, 6.07) is 0. The minimum absolute atomic E-state index is 0. The van der Waals surface area contributed by atoms with E-state index in [0.717, 1.165) is 0 Å². The largest absolute Gasteiger partial charge is 3.00 e. The predicted molar refractivity (Wildman–Crippen MR) is 135 cm³/mol. The summed E-state index contributed by atoms with van der Waals surface area (Å²) in [5.41, 5.74) is 5.76. The van der Waals surface area contributed by atoms with Crippen molar-refractivity contribution in [3.8, 4) is 0 Å². The summed E-state index contributed by atoms with van der Waals surface area (Å²) in [7, 11) is -2.42. The van der Waals surface area contributed by atoms with E-state index in [0.29, 0.717) is 0 Å². The molecule has 0 N–H and O–H groups in total. The Kier molecular flexibility index (Phi) is 13.4. The summed E-state index contributed by atoms with van der Waals surface area (Å²) < 4.78 is 0. The molecule has 1 radical (unpaired) electrons. The van der Waals surface area contributed by atoms with Crippen molar-refractivity contribution in [2.75, 3.05) is 0 Å². The first-order chi connectivity index (χ1) is 12.3. The second-order valence-corrected chi connectivity index (χ2v) is 27.8. The first-order valence-corrected chi connectivity index (χ1v) is 22.4. The maximum Gasteiger partial charge on any atom is 3.00 e. The van der Waals surface area contributed by atoms with Crippen LogP contribution in [0, 0.1) is 16.6 Å². The normalized spacial score (nSPS) is 22.2. The Bertz CT molecular complexity index is 324. The minimum atomic E-state index is -0.807. The number of hydrogen-bond donors (Lipinski definition) is 0. The standard InChI is InChI=1S/3C8H17Si.Cr/c3*1-9(2,3)8-6-4-5-7-8;/h3*4-7H2,1-3H3;/q3*-1;+3. The maximum atomic E-state index is 2.47. The van der Waals surface area contributed by atoms with Crippen LogP contribution in [0.5, 0.6) is 0 Å². The Morgan fingerprint density at radius 3 is 0.571 bits per heavy atom. The third kappa shape index (κ3) is 11.5. The van der Waals surface area contributed by atoms with E-state index in [1.54, 1.807) is 0 Å². The van der Waals surface area contributed by atoms with E-state index in [2.05, 4.69) is 58.9 Å². The van der Waals surface area contributed by atoms with Crippen molar-refractivity contribution in [3.63, 3.8) is 0 Å². The van der Waals surface area contributed by atoms with Crippen molar-refractivity contribution < 1.29 is 17.4 Å². The molecular formula is C24H51CrSi3. The van der Waals surface area contributed by atoms with Crippen LogP contribution in [0.1, 0.15) is 77.0 Å². The van der Waals surface area contributed by atoms with Crippen molar-refractivity contribution in [1.29, 1.82) is 0 Å². The molecule has 3 rings (SSSR count). The van der Waals surface area contributed by atoms with E-state index in [9.17, 15) is 0 Å². The van der Waals surface area contributed by atoms with Crippen molar-refractivity contribution in [3.05, 3.63) is 16.6 Å². The summed E-state index contributed by atoms with van der Waals surface area (Å²) in [4.78, 5) is 0. The van der Waals surface area contributed by atoms with Crippen LogP contribution in [0.3, 0.4) is 0 Å². The fourth-order valence-corrected chi connectivity index (χ4v) is 10.2. The van der Waals surface area contributed by atoms with Crippen molar-refractivity contribution in [2.45, 2.75) is 136 Å². The fourth-order valence-electron chi connectivity index (χ4n) is 4.66. The first-order valence-electron chi connectivity index (χ1n) is 11.9. The Hall–Kier alpha value is 1.18. The molecule has 3 fully saturated rings. The van der Waals surface area contributed by atoms with E-state index in [-0.39, 0.29) is 17.4 Å². The third-order valence-corrected chi connectivity index (χ3v) is 14.7. The van der Waals surface area contributed by atoms with Crippen molar-refractivity contribution in [2.24, 2.45) is 0 Å². The van der Waals surface area contributed by atoms with E-state index >= 15 is 0 Å². The third-order valence-electron chi connectivity index (χ3n) is 6.80. The molecule has 0 saturated heterocycles. The Balaban J connectivity index is 0.000000384. The fraction of sp³-hybridized carbons (Fsp3) is 0.875. The second kappa shape index (κ2) is 12.9. The van der Waals surface area contributed by atoms with Gasteiger partial charge in [0, 0.05) is 0 Å². The molecular weight excluding hydrogens is 425 g/mol. The average molecular weight is 476 g/mol. The molecule has 0 aromatic rings. The van der Waals surface area contributed by atoms with Gasteiger partial charge in [0.05, 0.1) is 0 Å². The van der Waals surface area contributed by atoms with Crippen molar-refractivity contribution in [1.82, 2.24) is 0 Å². The molecule has 0 amide bonds. The minimum Gasteiger partial charge on any atom is -0.313 e. The zero-order chi connectivity index (χ0) is 20.7. The van der Waals surface area contributed by atoms with Crippen LogP contribution in [0.25, 0.3) is 0 Å². The van der Waals surface area contributed by atoms with Crippen LogP contribution in [0.4, 0.5) is 0 Å². The van der Waals surface area contributed by atoms with Gasteiger partial charge in [0.25, 0.3) is 0 Å². The molecule has 3 aliphatic carbocycles. The Labute approximate surface area is 193 Å². The summed E-state index contributed by atoms with van der Waals surface area (Å²) in [5, 5.41) is 0. The quantitative estimate of drug-likeness (QED) is 0.282. The van der Waals surface area contributed by atoms with Crippen LogP contribution in [0.15, 0.2) is 0 Å². The van der Waals surface area contributed by atoms with Crippen LogP contribution in [-0.4, -0.2) is 24.2 Å². The molecule has 0 aromatic heterocycles. The van der Waals surface area contributed by atoms with Crippen LogP contribution < -0.4 is 0 Å². The van der Waals surface area contributed by atoms with Gasteiger partial charge < -0.3 is 16.6 Å². The molecule has 28 heavy (non-hydrogen) atoms. The Morgan fingerprint density at radius 2 is 0.500 bits per heavy atom. The summed E-state index contributed by atoms with van der Waals surface area (Å²) in [5.74, 6) is 0. The molecule has 0 aliphatic heterocycles. The molecule has 0 atom stereocenters. The molecule has 165 valence electrons. The van der Waals surface area contributed by atoms with Gasteiger partial charge in [-0.15, -0.1) is 0 Å². The van der Waals surface area contributed by atoms with E-state index in [4.69, 9.17) is 0 Å². The molecule has 4 heteroatoms. The molecule has 0 unspecified atom stereocenters. The summed E-state index contributed by atoms with van der Waals surface area (Å²) in [6.45, 7) is 22.2. The van der Waals surface area contributed by atoms with Gasteiger partial charge in [-0.1, -0.05) is 122 Å². The van der Waals surface area contributed by atoms with Crippen LogP contribution in [-0.2, 0) is 17.4 Å². The topological polar surface area (TPSA) is 0 Å². The zero-order valence-corrected chi connectivity index (χ0v) is 25.2. The SMILES string of the molecule is C[Si](C)(C)[C-]1CCCC1.C[Si](C)(C)[C-]1CCCC1.C[Si](C)(C)[C-]1CCCC1.[Cr+3]. The zero-order valence-electron chi connectivity index (χ0n) is 20.9. The molecule has 0 aromatic carbocycles. The van der Waals surface area contributed by atoms with Gasteiger partial charge in [0.15, 0.2) is 0 Å². The monoisotopic (exact) mass is 475 g/mol.